The highest BCUT2D eigenvalue weighted by atomic mass is 19.1. The molecule has 3 N–H and O–H groups in total. The number of nitrogens with two attached hydrogens (primary N) is 1. The highest BCUT2D eigenvalue weighted by Gasteiger charge is 2.27. The number of urea groups is 1. The molecule has 0 bridgehead atoms. The molecule has 2 aliphatic rings. The SMILES string of the molecule is CCCCOc1nc(N)c2c(n1)CN(Cc1ccc(CN3CCCCC3)c(F)c1)C(=O)N2. The predicted molar refractivity (Wildman–Crippen MR) is 121 cm³/mol. The van der Waals surface area contributed by atoms with Crippen LogP contribution in [-0.2, 0) is 19.6 Å². The number of benzene rings is 1. The molecule has 2 aromatic rings. The largest absolute Gasteiger partial charge is 0.463 e. The number of amides is 2. The molecule has 4 rings (SSSR count). The van der Waals surface area contributed by atoms with Crippen LogP contribution >= 0.6 is 0 Å². The average molecular weight is 443 g/mol. The fourth-order valence-corrected chi connectivity index (χ4v) is 4.09. The highest BCUT2D eigenvalue weighted by Crippen LogP contribution is 2.29. The van der Waals surface area contributed by atoms with Crippen molar-refractivity contribution in [1.29, 1.82) is 0 Å². The number of carbonyl (C=O) groups excluding carboxylic acids is 1. The van der Waals surface area contributed by atoms with Crippen molar-refractivity contribution in [3.05, 3.63) is 40.8 Å². The van der Waals surface area contributed by atoms with Crippen LogP contribution in [0.5, 0.6) is 6.01 Å². The van der Waals surface area contributed by atoms with E-state index in [0.717, 1.165) is 31.5 Å². The van der Waals surface area contributed by atoms with E-state index in [1.54, 1.807) is 4.90 Å². The summed E-state index contributed by atoms with van der Waals surface area (Å²) >= 11 is 0. The molecule has 3 heterocycles. The molecule has 0 saturated carbocycles. The summed E-state index contributed by atoms with van der Waals surface area (Å²) in [4.78, 5) is 25.0. The summed E-state index contributed by atoms with van der Waals surface area (Å²) in [6.07, 6.45) is 5.48. The van der Waals surface area contributed by atoms with Gasteiger partial charge in [-0.25, -0.2) is 9.18 Å². The van der Waals surface area contributed by atoms with E-state index in [1.807, 2.05) is 12.1 Å². The lowest BCUT2D eigenvalue weighted by atomic mass is 10.1. The molecule has 0 atom stereocenters. The first-order valence-electron chi connectivity index (χ1n) is 11.4. The molecule has 1 saturated heterocycles. The molecule has 2 aliphatic heterocycles. The van der Waals surface area contributed by atoms with Crippen LogP contribution in [0.4, 0.5) is 20.7 Å². The molecule has 2 amide bonds. The van der Waals surface area contributed by atoms with E-state index in [0.29, 0.717) is 30.1 Å². The third-order valence-corrected chi connectivity index (χ3v) is 5.91. The van der Waals surface area contributed by atoms with E-state index in [9.17, 15) is 9.18 Å². The van der Waals surface area contributed by atoms with Crippen molar-refractivity contribution in [1.82, 2.24) is 19.8 Å². The summed E-state index contributed by atoms with van der Waals surface area (Å²) in [5.74, 6) is -0.0494. The van der Waals surface area contributed by atoms with E-state index in [2.05, 4.69) is 27.1 Å². The van der Waals surface area contributed by atoms with Crippen LogP contribution in [-0.4, -0.2) is 45.5 Å². The van der Waals surface area contributed by atoms with Gasteiger partial charge in [-0.1, -0.05) is 31.9 Å². The van der Waals surface area contributed by atoms with Crippen molar-refractivity contribution in [2.75, 3.05) is 30.7 Å². The highest BCUT2D eigenvalue weighted by molar-refractivity contribution is 5.94. The van der Waals surface area contributed by atoms with Crippen LogP contribution in [0.1, 0.15) is 55.8 Å². The Hall–Kier alpha value is -2.94. The molecule has 8 nitrogen and oxygen atoms in total. The van der Waals surface area contributed by atoms with Gasteiger partial charge in [0.15, 0.2) is 5.82 Å². The van der Waals surface area contributed by atoms with Crippen LogP contribution in [0, 0.1) is 5.82 Å². The lowest BCUT2D eigenvalue weighted by molar-refractivity contribution is 0.202. The first-order valence-corrected chi connectivity index (χ1v) is 11.4. The maximum Gasteiger partial charge on any atom is 0.322 e. The van der Waals surface area contributed by atoms with Gasteiger partial charge in [-0.2, -0.15) is 9.97 Å². The third-order valence-electron chi connectivity index (χ3n) is 5.91. The van der Waals surface area contributed by atoms with Gasteiger partial charge in [-0.15, -0.1) is 0 Å². The maximum atomic E-state index is 14.7. The second kappa shape index (κ2) is 10.1. The van der Waals surface area contributed by atoms with E-state index in [1.165, 1.54) is 25.3 Å². The second-order valence-corrected chi connectivity index (χ2v) is 8.46. The average Bonchev–Trinajstić information content (AvgIpc) is 2.78. The predicted octanol–water partition coefficient (Wildman–Crippen LogP) is 3.91. The number of aromatic nitrogens is 2. The zero-order valence-corrected chi connectivity index (χ0v) is 18.6. The molecule has 0 spiro atoms. The zero-order chi connectivity index (χ0) is 22.5. The third kappa shape index (κ3) is 5.27. The van der Waals surface area contributed by atoms with Gasteiger partial charge >= 0.3 is 12.0 Å². The van der Waals surface area contributed by atoms with Crippen molar-refractivity contribution in [2.45, 2.75) is 58.7 Å². The lowest BCUT2D eigenvalue weighted by Gasteiger charge is -2.29. The Bertz CT molecular complexity index is 964. The Balaban J connectivity index is 1.43. The minimum atomic E-state index is -0.315. The van der Waals surface area contributed by atoms with Gasteiger partial charge in [-0.05, 0) is 44.0 Å². The lowest BCUT2D eigenvalue weighted by Crippen LogP contribution is -2.39. The molecule has 32 heavy (non-hydrogen) atoms. The maximum absolute atomic E-state index is 14.7. The van der Waals surface area contributed by atoms with E-state index >= 15 is 0 Å². The van der Waals surface area contributed by atoms with Crippen LogP contribution in [0.15, 0.2) is 18.2 Å². The number of anilines is 2. The number of rotatable bonds is 8. The van der Waals surface area contributed by atoms with Gasteiger partial charge in [0.1, 0.15) is 11.5 Å². The van der Waals surface area contributed by atoms with Crippen LogP contribution in [0.2, 0.25) is 0 Å². The van der Waals surface area contributed by atoms with Crippen LogP contribution < -0.4 is 15.8 Å². The Kier molecular flexibility index (Phi) is 7.04. The van der Waals surface area contributed by atoms with E-state index < -0.39 is 0 Å². The van der Waals surface area contributed by atoms with Gasteiger partial charge in [0, 0.05) is 18.7 Å². The number of piperidine rings is 1. The van der Waals surface area contributed by atoms with E-state index in [4.69, 9.17) is 10.5 Å². The van der Waals surface area contributed by atoms with Gasteiger partial charge in [0.05, 0.1) is 18.8 Å². The number of carbonyl (C=O) groups is 1. The van der Waals surface area contributed by atoms with Crippen LogP contribution in [0.25, 0.3) is 0 Å². The molecular formula is C23H31FN6O2. The van der Waals surface area contributed by atoms with Crippen molar-refractivity contribution in [3.8, 4) is 6.01 Å². The van der Waals surface area contributed by atoms with E-state index in [-0.39, 0.29) is 36.8 Å². The fourth-order valence-electron chi connectivity index (χ4n) is 4.09. The van der Waals surface area contributed by atoms with Crippen LogP contribution in [0.3, 0.4) is 0 Å². The monoisotopic (exact) mass is 442 g/mol. The number of likely N-dealkylation sites (tertiary alicyclic amines) is 1. The summed E-state index contributed by atoms with van der Waals surface area (Å²) in [7, 11) is 0. The minimum Gasteiger partial charge on any atom is -0.463 e. The molecule has 0 unspecified atom stereocenters. The quantitative estimate of drug-likeness (QED) is 0.602. The van der Waals surface area contributed by atoms with Gasteiger partial charge < -0.3 is 20.7 Å². The zero-order valence-electron chi connectivity index (χ0n) is 18.6. The summed E-state index contributed by atoms with van der Waals surface area (Å²) in [6, 6.07) is 5.13. The van der Waals surface area contributed by atoms with Gasteiger partial charge in [0.25, 0.3) is 0 Å². The molecule has 9 heteroatoms. The van der Waals surface area contributed by atoms with Crippen molar-refractivity contribution >= 4 is 17.5 Å². The van der Waals surface area contributed by atoms with Gasteiger partial charge in [0.2, 0.25) is 0 Å². The fraction of sp³-hybridized carbons (Fsp3) is 0.522. The number of halogens is 1. The van der Waals surface area contributed by atoms with Crippen molar-refractivity contribution < 1.29 is 13.9 Å². The second-order valence-electron chi connectivity index (χ2n) is 8.46. The van der Waals surface area contributed by atoms with Gasteiger partial charge in [-0.3, -0.25) is 4.90 Å². The number of fused-ring (bicyclic) bond motifs is 1. The summed E-state index contributed by atoms with van der Waals surface area (Å²) in [5, 5.41) is 2.75. The standard InChI is InChI=1S/C23H31FN6O2/c1-2-3-11-32-22-26-19-15-30(23(31)27-20(19)21(25)28-22)13-16-7-8-17(18(24)12-16)14-29-9-5-4-6-10-29/h7-8,12H,2-6,9-11,13-15H2,1H3,(H,27,31)(H2,25,26,28). The Morgan fingerprint density at radius 2 is 2.00 bits per heavy atom. The topological polar surface area (TPSA) is 96.6 Å². The first-order chi connectivity index (χ1) is 15.5. The number of unbranched alkanes of at least 4 members (excludes halogenated alkanes) is 1. The molecule has 0 radical (unpaired) electrons. The number of nitrogen functional groups attached to an aromatic ring is 1. The summed E-state index contributed by atoms with van der Waals surface area (Å²) < 4.78 is 20.3. The first kappa shape index (κ1) is 22.3. The van der Waals surface area contributed by atoms with Crippen molar-refractivity contribution in [3.63, 3.8) is 0 Å². The smallest absolute Gasteiger partial charge is 0.322 e. The number of ether oxygens (including phenoxy) is 1. The molecular weight excluding hydrogens is 411 g/mol. The summed E-state index contributed by atoms with van der Waals surface area (Å²) in [6.45, 7) is 5.75. The van der Waals surface area contributed by atoms with Crippen molar-refractivity contribution in [2.24, 2.45) is 0 Å². The Morgan fingerprint density at radius 1 is 1.19 bits per heavy atom. The molecule has 0 aliphatic carbocycles. The summed E-state index contributed by atoms with van der Waals surface area (Å²) in [5.41, 5.74) is 8.42. The number of nitrogens with zero attached hydrogens (tertiary/aromatic N) is 4. The molecule has 1 aromatic carbocycles. The molecule has 172 valence electrons. The molecule has 1 aromatic heterocycles. The number of hydrogen-bond acceptors (Lipinski definition) is 6. The normalized spacial score (nSPS) is 16.6. The Morgan fingerprint density at radius 3 is 2.75 bits per heavy atom. The minimum absolute atomic E-state index is 0.183. The molecule has 1 fully saturated rings. The Labute approximate surface area is 188 Å². The number of nitrogens with one attached hydrogen (secondary N) is 1. The number of hydrogen-bond donors (Lipinski definition) is 2.